The first-order chi connectivity index (χ1) is 8.74. The molecule has 1 fully saturated rings. The van der Waals surface area contributed by atoms with Gasteiger partial charge in [0.25, 0.3) is 5.91 Å². The molecular weight excluding hydrogens is 233 g/mol. The molecule has 4 heteroatoms. The van der Waals surface area contributed by atoms with Gasteiger partial charge in [-0.05, 0) is 37.8 Å². The predicted molar refractivity (Wildman–Crippen MR) is 66.8 cm³/mol. The zero-order valence-corrected chi connectivity index (χ0v) is 10.3. The molecule has 1 amide bonds. The summed E-state index contributed by atoms with van der Waals surface area (Å²) in [6.45, 7) is 0.821. The lowest BCUT2D eigenvalue weighted by Crippen LogP contribution is -2.36. The van der Waals surface area contributed by atoms with E-state index in [4.69, 9.17) is 5.11 Å². The van der Waals surface area contributed by atoms with Crippen LogP contribution in [0.3, 0.4) is 0 Å². The molecule has 1 saturated heterocycles. The number of likely N-dealkylation sites (tertiary alicyclic amines) is 1. The van der Waals surface area contributed by atoms with Gasteiger partial charge in [0.15, 0.2) is 0 Å². The van der Waals surface area contributed by atoms with Crippen molar-refractivity contribution in [1.82, 2.24) is 4.90 Å². The van der Waals surface area contributed by atoms with E-state index in [0.717, 1.165) is 19.3 Å². The van der Waals surface area contributed by atoms with Gasteiger partial charge in [-0.1, -0.05) is 12.1 Å². The van der Waals surface area contributed by atoms with E-state index in [1.165, 1.54) is 12.1 Å². The minimum absolute atomic E-state index is 0.137. The van der Waals surface area contributed by atoms with Crippen molar-refractivity contribution in [3.63, 3.8) is 0 Å². The molecule has 1 aromatic carbocycles. The lowest BCUT2D eigenvalue weighted by molar-refractivity contribution is 0.0719. The first-order valence-electron chi connectivity index (χ1n) is 6.40. The number of rotatable bonds is 4. The van der Waals surface area contributed by atoms with E-state index >= 15 is 0 Å². The Hall–Kier alpha value is -1.42. The SMILES string of the molecule is O=C(c1ccccc1F)N1CCCC1CCCO. The topological polar surface area (TPSA) is 40.5 Å². The van der Waals surface area contributed by atoms with Gasteiger partial charge < -0.3 is 10.0 Å². The summed E-state index contributed by atoms with van der Waals surface area (Å²) in [6.07, 6.45) is 3.37. The molecule has 1 N–H and O–H groups in total. The first kappa shape index (κ1) is 13.0. The predicted octanol–water partition coefficient (Wildman–Crippen LogP) is 2.20. The van der Waals surface area contributed by atoms with Crippen LogP contribution in [0.4, 0.5) is 4.39 Å². The van der Waals surface area contributed by atoms with E-state index in [0.29, 0.717) is 13.0 Å². The number of hydrogen-bond acceptors (Lipinski definition) is 2. The van der Waals surface area contributed by atoms with Crippen molar-refractivity contribution in [2.45, 2.75) is 31.7 Å². The van der Waals surface area contributed by atoms with Crippen LogP contribution in [-0.2, 0) is 0 Å². The summed E-state index contributed by atoms with van der Waals surface area (Å²) in [6, 6.07) is 6.24. The molecule has 0 bridgehead atoms. The van der Waals surface area contributed by atoms with E-state index < -0.39 is 5.82 Å². The third kappa shape index (κ3) is 2.70. The largest absolute Gasteiger partial charge is 0.396 e. The Morgan fingerprint density at radius 2 is 2.22 bits per heavy atom. The molecule has 0 radical (unpaired) electrons. The molecule has 3 nitrogen and oxygen atoms in total. The van der Waals surface area contributed by atoms with Crippen molar-refractivity contribution < 1.29 is 14.3 Å². The maximum Gasteiger partial charge on any atom is 0.257 e. The fourth-order valence-electron chi connectivity index (χ4n) is 2.52. The summed E-state index contributed by atoms with van der Waals surface area (Å²) in [7, 11) is 0. The van der Waals surface area contributed by atoms with Crippen LogP contribution in [0.25, 0.3) is 0 Å². The number of hydrogen-bond donors (Lipinski definition) is 1. The Morgan fingerprint density at radius 3 is 2.94 bits per heavy atom. The minimum atomic E-state index is -0.463. The molecule has 1 aromatic rings. The lowest BCUT2D eigenvalue weighted by atomic mass is 10.1. The zero-order chi connectivity index (χ0) is 13.0. The van der Waals surface area contributed by atoms with E-state index in [1.54, 1.807) is 17.0 Å². The Morgan fingerprint density at radius 1 is 1.44 bits per heavy atom. The van der Waals surface area contributed by atoms with Gasteiger partial charge >= 0.3 is 0 Å². The Kier molecular flexibility index (Phi) is 4.31. The van der Waals surface area contributed by atoms with Crippen LogP contribution in [0.1, 0.15) is 36.0 Å². The molecule has 1 atom stereocenters. The number of aliphatic hydroxyl groups excluding tert-OH is 1. The van der Waals surface area contributed by atoms with Gasteiger partial charge in [-0.3, -0.25) is 4.79 Å². The van der Waals surface area contributed by atoms with Gasteiger partial charge in [-0.2, -0.15) is 0 Å². The molecule has 2 rings (SSSR count). The summed E-state index contributed by atoms with van der Waals surface area (Å²) in [5.74, 6) is -0.691. The molecule has 0 saturated carbocycles. The molecule has 1 aliphatic heterocycles. The molecule has 18 heavy (non-hydrogen) atoms. The van der Waals surface area contributed by atoms with Crippen molar-refractivity contribution in [3.8, 4) is 0 Å². The maximum atomic E-state index is 13.6. The molecule has 1 heterocycles. The molecule has 0 aliphatic carbocycles. The average molecular weight is 251 g/mol. The Balaban J connectivity index is 2.10. The number of benzene rings is 1. The number of carbonyl (C=O) groups excluding carboxylic acids is 1. The fraction of sp³-hybridized carbons (Fsp3) is 0.500. The molecular formula is C14H18FNO2. The van der Waals surface area contributed by atoms with Crippen LogP contribution in [0.2, 0.25) is 0 Å². The number of amides is 1. The number of nitrogens with zero attached hydrogens (tertiary/aromatic N) is 1. The smallest absolute Gasteiger partial charge is 0.257 e. The number of carbonyl (C=O) groups is 1. The van der Waals surface area contributed by atoms with E-state index in [-0.39, 0.29) is 24.1 Å². The lowest BCUT2D eigenvalue weighted by Gasteiger charge is -2.24. The van der Waals surface area contributed by atoms with Crippen molar-refractivity contribution in [1.29, 1.82) is 0 Å². The van der Waals surface area contributed by atoms with Gasteiger partial charge in [0.05, 0.1) is 5.56 Å². The molecule has 0 spiro atoms. The summed E-state index contributed by atoms with van der Waals surface area (Å²) < 4.78 is 13.6. The molecule has 0 aromatic heterocycles. The highest BCUT2D eigenvalue weighted by Gasteiger charge is 2.29. The number of aliphatic hydroxyl groups is 1. The summed E-state index contributed by atoms with van der Waals surface area (Å²) in [5, 5.41) is 8.85. The van der Waals surface area contributed by atoms with Crippen molar-refractivity contribution >= 4 is 5.91 Å². The fourth-order valence-corrected chi connectivity index (χ4v) is 2.52. The van der Waals surface area contributed by atoms with Crippen molar-refractivity contribution in [3.05, 3.63) is 35.6 Å². The van der Waals surface area contributed by atoms with Crippen molar-refractivity contribution in [2.24, 2.45) is 0 Å². The molecule has 1 unspecified atom stereocenters. The van der Waals surface area contributed by atoms with Crippen molar-refractivity contribution in [2.75, 3.05) is 13.2 Å². The number of halogens is 1. The average Bonchev–Trinajstić information content (AvgIpc) is 2.84. The van der Waals surface area contributed by atoms with Gasteiger partial charge in [0.1, 0.15) is 5.82 Å². The van der Waals surface area contributed by atoms with Crippen LogP contribution in [0.15, 0.2) is 24.3 Å². The highest BCUT2D eigenvalue weighted by atomic mass is 19.1. The third-order valence-corrected chi connectivity index (χ3v) is 3.44. The van der Waals surface area contributed by atoms with Gasteiger partial charge in [-0.15, -0.1) is 0 Å². The third-order valence-electron chi connectivity index (χ3n) is 3.44. The summed E-state index contributed by atoms with van der Waals surface area (Å²) in [5.41, 5.74) is 0.147. The van der Waals surface area contributed by atoms with E-state index in [2.05, 4.69) is 0 Å². The van der Waals surface area contributed by atoms with Crippen LogP contribution in [0.5, 0.6) is 0 Å². The minimum Gasteiger partial charge on any atom is -0.396 e. The van der Waals surface area contributed by atoms with E-state index in [1.807, 2.05) is 0 Å². The Labute approximate surface area is 106 Å². The highest BCUT2D eigenvalue weighted by Crippen LogP contribution is 2.24. The van der Waals surface area contributed by atoms with Gasteiger partial charge in [0, 0.05) is 19.2 Å². The normalized spacial score (nSPS) is 19.2. The molecule has 98 valence electrons. The van der Waals surface area contributed by atoms with Crippen LogP contribution in [0, 0.1) is 5.82 Å². The first-order valence-corrected chi connectivity index (χ1v) is 6.40. The molecule has 1 aliphatic rings. The quantitative estimate of drug-likeness (QED) is 0.891. The van der Waals surface area contributed by atoms with Gasteiger partial charge in [-0.25, -0.2) is 4.39 Å². The van der Waals surface area contributed by atoms with E-state index in [9.17, 15) is 9.18 Å². The monoisotopic (exact) mass is 251 g/mol. The highest BCUT2D eigenvalue weighted by molar-refractivity contribution is 5.94. The maximum absolute atomic E-state index is 13.6. The standard InChI is InChI=1S/C14H18FNO2/c15-13-8-2-1-7-12(13)14(18)16-9-3-5-11(16)6-4-10-17/h1-2,7-8,11,17H,3-6,9-10H2. The zero-order valence-electron chi connectivity index (χ0n) is 10.3. The van der Waals surface area contributed by atoms with Gasteiger partial charge in [0.2, 0.25) is 0 Å². The van der Waals surface area contributed by atoms with Crippen LogP contribution in [-0.4, -0.2) is 35.1 Å². The van der Waals surface area contributed by atoms with Crippen LogP contribution < -0.4 is 0 Å². The second-order valence-electron chi connectivity index (χ2n) is 4.64. The summed E-state index contributed by atoms with van der Waals surface area (Å²) >= 11 is 0. The second kappa shape index (κ2) is 5.96. The van der Waals surface area contributed by atoms with Crippen LogP contribution >= 0.6 is 0 Å². The Bertz CT molecular complexity index is 422. The second-order valence-corrected chi connectivity index (χ2v) is 4.64. The summed E-state index contributed by atoms with van der Waals surface area (Å²) in [4.78, 5) is 14.0.